The van der Waals surface area contributed by atoms with Crippen LogP contribution in [-0.4, -0.2) is 61.8 Å². The van der Waals surface area contributed by atoms with Crippen molar-refractivity contribution in [3.05, 3.63) is 71.6 Å². The van der Waals surface area contributed by atoms with E-state index in [1.54, 1.807) is 34.2 Å². The number of likely N-dealkylation sites (N-methyl/N-ethyl adjacent to an activating group) is 1. The van der Waals surface area contributed by atoms with E-state index < -0.39 is 0 Å². The quantitative estimate of drug-likeness (QED) is 0.283. The predicted octanol–water partition coefficient (Wildman–Crippen LogP) is 3.82. The molecule has 4 aromatic rings. The third-order valence-corrected chi connectivity index (χ3v) is 6.93. The molecular formula is C26H30N8OS. The third-order valence-electron chi connectivity index (χ3n) is 6.04. The van der Waals surface area contributed by atoms with Crippen LogP contribution in [0.1, 0.15) is 36.8 Å². The molecule has 0 bridgehead atoms. The molecule has 0 saturated carbocycles. The highest BCUT2D eigenvalue weighted by Crippen LogP contribution is 2.27. The minimum absolute atomic E-state index is 0.105. The minimum Gasteiger partial charge on any atom is -0.405 e. The van der Waals surface area contributed by atoms with Crippen LogP contribution in [0.25, 0.3) is 27.5 Å². The highest BCUT2D eigenvalue weighted by Gasteiger charge is 2.18. The first kappa shape index (κ1) is 25.2. The summed E-state index contributed by atoms with van der Waals surface area (Å²) in [4.78, 5) is 26.0. The van der Waals surface area contributed by atoms with E-state index in [1.165, 1.54) is 12.3 Å². The zero-order chi connectivity index (χ0) is 25.7. The van der Waals surface area contributed by atoms with Crippen molar-refractivity contribution in [2.45, 2.75) is 26.8 Å². The molecule has 0 aromatic carbocycles. The number of nitrogens with one attached hydrogen (secondary N) is 2. The van der Waals surface area contributed by atoms with E-state index in [4.69, 9.17) is 16.1 Å². The molecule has 0 aliphatic carbocycles. The first-order chi connectivity index (χ1) is 17.4. The largest absolute Gasteiger partial charge is 0.405 e. The molecule has 4 rings (SSSR count). The molecule has 0 spiro atoms. The molecule has 4 heterocycles. The van der Waals surface area contributed by atoms with Gasteiger partial charge in [0.15, 0.2) is 5.65 Å². The van der Waals surface area contributed by atoms with Crippen molar-refractivity contribution < 1.29 is 4.79 Å². The summed E-state index contributed by atoms with van der Waals surface area (Å²) in [6.45, 7) is 8.63. The molecule has 0 radical (unpaired) electrons. The Morgan fingerprint density at radius 3 is 2.75 bits per heavy atom. The van der Waals surface area contributed by atoms with Crippen molar-refractivity contribution in [1.29, 1.82) is 5.41 Å². The monoisotopic (exact) mass is 502 g/mol. The number of allylic oxidation sites excluding steroid dienone is 1. The topological polar surface area (TPSA) is 125 Å². The second kappa shape index (κ2) is 11.2. The SMILES string of the molecule is CCN(CC)C(C)CNC(=O)c1cc(C(=N)/C=C\N)nc(-c2cnn3ccc(-c4cccs4)nc23)c1. The van der Waals surface area contributed by atoms with Crippen molar-refractivity contribution in [2.75, 3.05) is 19.6 Å². The van der Waals surface area contributed by atoms with Crippen LogP contribution in [0.5, 0.6) is 0 Å². The second-order valence-corrected chi connectivity index (χ2v) is 9.24. The van der Waals surface area contributed by atoms with Crippen LogP contribution in [0.4, 0.5) is 0 Å². The zero-order valence-corrected chi connectivity index (χ0v) is 21.4. The average molecular weight is 503 g/mol. The van der Waals surface area contributed by atoms with E-state index in [2.05, 4.69) is 41.1 Å². The summed E-state index contributed by atoms with van der Waals surface area (Å²) in [6, 6.07) is 9.44. The fraction of sp³-hybridized carbons (Fsp3) is 0.269. The summed E-state index contributed by atoms with van der Waals surface area (Å²) >= 11 is 1.61. The Hall–Kier alpha value is -3.89. The molecule has 36 heavy (non-hydrogen) atoms. The lowest BCUT2D eigenvalue weighted by Gasteiger charge is -2.26. The summed E-state index contributed by atoms with van der Waals surface area (Å²) in [5, 5.41) is 17.8. The van der Waals surface area contributed by atoms with E-state index in [0.717, 1.165) is 23.7 Å². The lowest BCUT2D eigenvalue weighted by atomic mass is 10.1. The Balaban J connectivity index is 1.73. The molecule has 0 fully saturated rings. The van der Waals surface area contributed by atoms with Gasteiger partial charge in [-0.15, -0.1) is 11.3 Å². The van der Waals surface area contributed by atoms with Gasteiger partial charge in [0.05, 0.1) is 39.4 Å². The fourth-order valence-corrected chi connectivity index (χ4v) is 4.74. The van der Waals surface area contributed by atoms with Gasteiger partial charge in [0.2, 0.25) is 0 Å². The number of rotatable bonds is 10. The third kappa shape index (κ3) is 5.34. The molecule has 4 N–H and O–H groups in total. The van der Waals surface area contributed by atoms with E-state index in [9.17, 15) is 4.79 Å². The first-order valence-electron chi connectivity index (χ1n) is 11.8. The van der Waals surface area contributed by atoms with Gasteiger partial charge in [-0.05, 0) is 61.9 Å². The van der Waals surface area contributed by atoms with Gasteiger partial charge in [0, 0.05) is 24.3 Å². The summed E-state index contributed by atoms with van der Waals surface area (Å²) in [5.74, 6) is -0.229. The maximum Gasteiger partial charge on any atom is 0.251 e. The standard InChI is InChI=1S/C26H30N8OS/c1-4-33(5-2)17(3)15-29-26(35)18-13-22(31-23(14-18)20(28)8-10-27)19-16-30-34-11-9-21(32-25(19)34)24-7-6-12-36-24/h6-14,16-17,28H,4-5,15,27H2,1-3H3,(H,29,35)/b10-8-,28-20?. The maximum absolute atomic E-state index is 13.2. The Morgan fingerprint density at radius 2 is 2.06 bits per heavy atom. The Bertz CT molecular complexity index is 1390. The van der Waals surface area contributed by atoms with Gasteiger partial charge in [-0.2, -0.15) is 5.10 Å². The Kier molecular flexibility index (Phi) is 7.87. The molecule has 1 atom stereocenters. The summed E-state index contributed by atoms with van der Waals surface area (Å²) in [7, 11) is 0. The van der Waals surface area contributed by atoms with Gasteiger partial charge in [-0.25, -0.2) is 14.5 Å². The molecular weight excluding hydrogens is 472 g/mol. The normalized spacial score (nSPS) is 12.4. The van der Waals surface area contributed by atoms with Gasteiger partial charge < -0.3 is 11.1 Å². The molecule has 1 amide bonds. The summed E-state index contributed by atoms with van der Waals surface area (Å²) in [6.07, 6.45) is 6.26. The zero-order valence-electron chi connectivity index (χ0n) is 20.6. The second-order valence-electron chi connectivity index (χ2n) is 8.30. The van der Waals surface area contributed by atoms with Gasteiger partial charge in [0.25, 0.3) is 5.91 Å². The number of pyridine rings is 1. The minimum atomic E-state index is -0.229. The molecule has 9 nitrogen and oxygen atoms in total. The number of carbonyl (C=O) groups excluding carboxylic acids is 1. The molecule has 0 saturated heterocycles. The van der Waals surface area contributed by atoms with Gasteiger partial charge in [0.1, 0.15) is 0 Å². The number of amides is 1. The van der Waals surface area contributed by atoms with Gasteiger partial charge in [-0.1, -0.05) is 19.9 Å². The van der Waals surface area contributed by atoms with Crippen LogP contribution >= 0.6 is 11.3 Å². The van der Waals surface area contributed by atoms with Crippen LogP contribution in [-0.2, 0) is 0 Å². The predicted molar refractivity (Wildman–Crippen MR) is 144 cm³/mol. The number of nitrogens with zero attached hydrogens (tertiary/aromatic N) is 5. The van der Waals surface area contributed by atoms with Crippen molar-refractivity contribution in [3.8, 4) is 21.8 Å². The summed E-state index contributed by atoms with van der Waals surface area (Å²) in [5.41, 5.74) is 9.00. The number of thiophene rings is 1. The highest BCUT2D eigenvalue weighted by molar-refractivity contribution is 7.13. The molecule has 186 valence electrons. The van der Waals surface area contributed by atoms with Crippen molar-refractivity contribution in [2.24, 2.45) is 5.73 Å². The number of hydrogen-bond acceptors (Lipinski definition) is 8. The Morgan fingerprint density at radius 1 is 1.25 bits per heavy atom. The van der Waals surface area contributed by atoms with Crippen LogP contribution in [0.2, 0.25) is 0 Å². The molecule has 0 aliphatic rings. The van der Waals surface area contributed by atoms with Gasteiger partial charge in [-0.3, -0.25) is 15.1 Å². The van der Waals surface area contributed by atoms with Crippen molar-refractivity contribution >= 4 is 28.6 Å². The first-order valence-corrected chi connectivity index (χ1v) is 12.7. The molecule has 0 aliphatic heterocycles. The van der Waals surface area contributed by atoms with Crippen LogP contribution in [0, 0.1) is 5.41 Å². The summed E-state index contributed by atoms with van der Waals surface area (Å²) < 4.78 is 1.68. The lowest BCUT2D eigenvalue weighted by Crippen LogP contribution is -2.42. The van der Waals surface area contributed by atoms with E-state index in [-0.39, 0.29) is 17.7 Å². The average Bonchev–Trinajstić information content (AvgIpc) is 3.58. The molecule has 10 heteroatoms. The van der Waals surface area contributed by atoms with Crippen molar-refractivity contribution in [3.63, 3.8) is 0 Å². The smallest absolute Gasteiger partial charge is 0.251 e. The number of nitrogens with two attached hydrogens (primary N) is 1. The van der Waals surface area contributed by atoms with Crippen LogP contribution in [0.15, 0.2) is 60.4 Å². The molecule has 1 unspecified atom stereocenters. The number of carbonyl (C=O) groups is 1. The highest BCUT2D eigenvalue weighted by atomic mass is 32.1. The maximum atomic E-state index is 13.2. The van der Waals surface area contributed by atoms with Crippen molar-refractivity contribution in [1.82, 2.24) is 29.8 Å². The van der Waals surface area contributed by atoms with E-state index >= 15 is 0 Å². The van der Waals surface area contributed by atoms with Crippen LogP contribution in [0.3, 0.4) is 0 Å². The van der Waals surface area contributed by atoms with Crippen LogP contribution < -0.4 is 11.1 Å². The molecule has 4 aromatic heterocycles. The number of aromatic nitrogens is 4. The number of hydrogen-bond donors (Lipinski definition) is 3. The Labute approximate surface area is 214 Å². The van der Waals surface area contributed by atoms with E-state index in [0.29, 0.717) is 34.7 Å². The number of fused-ring (bicyclic) bond motifs is 1. The van der Waals surface area contributed by atoms with E-state index in [1.807, 2.05) is 29.8 Å². The lowest BCUT2D eigenvalue weighted by molar-refractivity contribution is 0.0938. The fourth-order valence-electron chi connectivity index (χ4n) is 4.05. The van der Waals surface area contributed by atoms with Gasteiger partial charge >= 0.3 is 0 Å².